The Morgan fingerprint density at radius 1 is 1.04 bits per heavy atom. The number of nitrogens with one attached hydrogen (secondary N) is 2. The molecule has 2 aromatic heterocycles. The van der Waals surface area contributed by atoms with E-state index in [1.807, 2.05) is 48.5 Å². The highest BCUT2D eigenvalue weighted by Crippen LogP contribution is 2.28. The predicted molar refractivity (Wildman–Crippen MR) is 169 cm³/mol. The fraction of sp³-hybridized carbons (Fsp3) is 0.156. The number of carbonyl (C=O) groups is 2. The number of ether oxygens (including phenoxy) is 1. The van der Waals surface area contributed by atoms with Crippen molar-refractivity contribution in [3.05, 3.63) is 119 Å². The number of amides is 2. The minimum Gasteiger partial charge on any atom is -0.465 e. The van der Waals surface area contributed by atoms with Gasteiger partial charge in [-0.3, -0.25) is 10.1 Å². The van der Waals surface area contributed by atoms with Gasteiger partial charge in [0, 0.05) is 35.0 Å². The molecule has 0 saturated heterocycles. The Hall–Kier alpha value is -5.46. The van der Waals surface area contributed by atoms with E-state index in [2.05, 4.69) is 36.4 Å². The molecule has 3 aromatic carbocycles. The van der Waals surface area contributed by atoms with Gasteiger partial charge in [0.15, 0.2) is 0 Å². The maximum Gasteiger partial charge on any atom is 0.409 e. The van der Waals surface area contributed by atoms with Crippen molar-refractivity contribution in [1.29, 1.82) is 0 Å². The van der Waals surface area contributed by atoms with Crippen LogP contribution in [-0.2, 0) is 22.4 Å². The van der Waals surface area contributed by atoms with Crippen LogP contribution < -0.4 is 10.6 Å². The molecule has 0 bridgehead atoms. The average Bonchev–Trinajstić information content (AvgIpc) is 3.58. The minimum atomic E-state index is -1.15. The van der Waals surface area contributed by atoms with Crippen LogP contribution in [0.5, 0.6) is 0 Å². The van der Waals surface area contributed by atoms with E-state index in [4.69, 9.17) is 16.3 Å². The van der Waals surface area contributed by atoms with Crippen LogP contribution in [-0.4, -0.2) is 61.2 Å². The molecule has 5 aromatic rings. The van der Waals surface area contributed by atoms with E-state index < -0.39 is 12.1 Å². The molecule has 0 saturated carbocycles. The van der Waals surface area contributed by atoms with Gasteiger partial charge in [0.05, 0.1) is 30.2 Å². The summed E-state index contributed by atoms with van der Waals surface area (Å²) in [5.74, 6) is -0.350. The second-order valence-electron chi connectivity index (χ2n) is 9.96. The Kier molecular flexibility index (Phi) is 10.2. The number of carbonyl (C=O) groups excluding carboxylic acids is 1. The normalized spacial score (nSPS) is 11.8. The topological polar surface area (TPSA) is 157 Å². The Morgan fingerprint density at radius 3 is 2.64 bits per heavy atom. The molecule has 1 atom stereocenters. The number of methoxy groups -OCH3 is 1. The minimum absolute atomic E-state index is 0.350. The summed E-state index contributed by atoms with van der Waals surface area (Å²) in [6.07, 6.45) is 5.98. The van der Waals surface area contributed by atoms with E-state index >= 15 is 0 Å². The highest BCUT2D eigenvalue weighted by molar-refractivity contribution is 6.30. The summed E-state index contributed by atoms with van der Waals surface area (Å²) in [4.78, 5) is 24.6. The van der Waals surface area contributed by atoms with E-state index in [0.29, 0.717) is 47.1 Å². The van der Waals surface area contributed by atoms with Gasteiger partial charge >= 0.3 is 6.09 Å². The number of nitrogens with zero attached hydrogens (tertiary/aromatic N) is 6. The van der Waals surface area contributed by atoms with Gasteiger partial charge in [-0.15, -0.1) is 5.10 Å². The van der Waals surface area contributed by atoms with Crippen molar-refractivity contribution in [3.63, 3.8) is 0 Å². The molecule has 2 heterocycles. The summed E-state index contributed by atoms with van der Waals surface area (Å²) in [5, 5.41) is 35.2. The summed E-state index contributed by atoms with van der Waals surface area (Å²) in [7, 11) is 1.59. The lowest BCUT2D eigenvalue weighted by molar-refractivity contribution is -0.117. The SMILES string of the molecule is COCCc1cc(-c2cnnc([C@H](Cc3ccccc3)NC(=O)C=Cc3cc(Cl)ccc3-n3cnnn3)c2)ccc1NC(=O)O. The molecule has 0 aliphatic heterocycles. The van der Waals surface area contributed by atoms with Gasteiger partial charge in [-0.2, -0.15) is 14.9 Å². The van der Waals surface area contributed by atoms with E-state index in [-0.39, 0.29) is 5.91 Å². The summed E-state index contributed by atoms with van der Waals surface area (Å²) in [6.45, 7) is 0.419. The number of hydrogen-bond acceptors (Lipinski definition) is 8. The number of hydrogen-bond donors (Lipinski definition) is 3. The van der Waals surface area contributed by atoms with E-state index in [1.165, 1.54) is 17.1 Å². The monoisotopic (exact) mass is 624 g/mol. The van der Waals surface area contributed by atoms with E-state index in [1.54, 1.807) is 43.6 Å². The molecule has 12 nitrogen and oxygen atoms in total. The maximum atomic E-state index is 13.3. The first kappa shape index (κ1) is 31.0. The second-order valence-corrected chi connectivity index (χ2v) is 10.4. The van der Waals surface area contributed by atoms with Crippen molar-refractivity contribution in [3.8, 4) is 16.8 Å². The van der Waals surface area contributed by atoms with Crippen LogP contribution in [0.4, 0.5) is 10.5 Å². The number of carboxylic acid groups (broad SMARTS) is 1. The zero-order valence-electron chi connectivity index (χ0n) is 24.2. The first-order valence-electron chi connectivity index (χ1n) is 13.9. The molecule has 0 fully saturated rings. The molecule has 5 rings (SSSR count). The van der Waals surface area contributed by atoms with Crippen LogP contribution in [0.1, 0.15) is 28.4 Å². The highest BCUT2D eigenvalue weighted by Gasteiger charge is 2.18. The number of tetrazole rings is 1. The first-order valence-corrected chi connectivity index (χ1v) is 14.3. The van der Waals surface area contributed by atoms with Gasteiger partial charge < -0.3 is 15.2 Å². The molecule has 0 aliphatic carbocycles. The standard InChI is InChI=1S/C32H29ClN8O4/c1-45-14-13-23-16-22(7-10-27(23)37-32(43)44)25-18-29(38-34-19-25)28(15-21-5-3-2-4-6-21)36-31(42)12-8-24-17-26(33)9-11-30(24)41-20-35-39-40-41/h2-12,16-20,28,37H,13-15H2,1H3,(H,36,42)(H,43,44)/t28-/m0/s1. The van der Waals surface area contributed by atoms with Gasteiger partial charge in [0.25, 0.3) is 0 Å². The molecular weight excluding hydrogens is 596 g/mol. The van der Waals surface area contributed by atoms with Crippen LogP contribution in [0.2, 0.25) is 5.02 Å². The van der Waals surface area contributed by atoms with Crippen molar-refractivity contribution in [2.45, 2.75) is 18.9 Å². The Balaban J connectivity index is 1.43. The third-order valence-corrected chi connectivity index (χ3v) is 7.12. The van der Waals surface area contributed by atoms with Crippen LogP contribution in [0.3, 0.4) is 0 Å². The van der Waals surface area contributed by atoms with Gasteiger partial charge in [-0.25, -0.2) is 4.79 Å². The highest BCUT2D eigenvalue weighted by atomic mass is 35.5. The number of rotatable bonds is 12. The number of anilines is 1. The molecule has 0 spiro atoms. The third kappa shape index (κ3) is 8.34. The second kappa shape index (κ2) is 14.8. The van der Waals surface area contributed by atoms with E-state index in [0.717, 1.165) is 22.3 Å². The van der Waals surface area contributed by atoms with Gasteiger partial charge in [0.2, 0.25) is 5.91 Å². The van der Waals surface area contributed by atoms with Crippen LogP contribution in [0, 0.1) is 0 Å². The van der Waals surface area contributed by atoms with Crippen LogP contribution in [0.15, 0.2) is 91.4 Å². The van der Waals surface area contributed by atoms with Crippen molar-refractivity contribution >= 4 is 35.4 Å². The molecule has 45 heavy (non-hydrogen) atoms. The summed E-state index contributed by atoms with van der Waals surface area (Å²) < 4.78 is 6.70. The van der Waals surface area contributed by atoms with E-state index in [9.17, 15) is 14.7 Å². The zero-order chi connectivity index (χ0) is 31.6. The smallest absolute Gasteiger partial charge is 0.409 e. The van der Waals surface area contributed by atoms with Gasteiger partial charge in [-0.1, -0.05) is 48.0 Å². The Labute approximate surface area is 263 Å². The van der Waals surface area contributed by atoms with Gasteiger partial charge in [0.1, 0.15) is 6.33 Å². The molecule has 2 amide bonds. The van der Waals surface area contributed by atoms with Crippen LogP contribution in [0.25, 0.3) is 22.9 Å². The lowest BCUT2D eigenvalue weighted by atomic mass is 9.98. The summed E-state index contributed by atoms with van der Waals surface area (Å²) in [6, 6.07) is 21.7. The van der Waals surface area contributed by atoms with Crippen LogP contribution >= 0.6 is 11.6 Å². The third-order valence-electron chi connectivity index (χ3n) is 6.88. The molecular formula is C32H29ClN8O4. The number of benzene rings is 3. The molecule has 0 radical (unpaired) electrons. The lowest BCUT2D eigenvalue weighted by Gasteiger charge is -2.18. The average molecular weight is 625 g/mol. The zero-order valence-corrected chi connectivity index (χ0v) is 24.9. The summed E-state index contributed by atoms with van der Waals surface area (Å²) in [5.41, 5.74) is 5.69. The molecule has 228 valence electrons. The quantitative estimate of drug-likeness (QED) is 0.159. The predicted octanol–water partition coefficient (Wildman–Crippen LogP) is 5.16. The van der Waals surface area contributed by atoms with Crippen molar-refractivity contribution in [2.24, 2.45) is 0 Å². The molecule has 0 aliphatic rings. The number of halogens is 1. The largest absolute Gasteiger partial charge is 0.465 e. The molecule has 3 N–H and O–H groups in total. The maximum absolute atomic E-state index is 13.3. The molecule has 13 heteroatoms. The van der Waals surface area contributed by atoms with Crippen molar-refractivity contribution in [1.82, 2.24) is 35.7 Å². The Bertz CT molecular complexity index is 1800. The van der Waals surface area contributed by atoms with Crippen molar-refractivity contribution < 1.29 is 19.4 Å². The summed E-state index contributed by atoms with van der Waals surface area (Å²) >= 11 is 6.23. The van der Waals surface area contributed by atoms with Crippen molar-refractivity contribution in [2.75, 3.05) is 19.0 Å². The first-order chi connectivity index (χ1) is 21.9. The fourth-order valence-corrected chi connectivity index (χ4v) is 4.92. The molecule has 0 unspecified atom stereocenters. The van der Waals surface area contributed by atoms with Gasteiger partial charge in [-0.05, 0) is 82.4 Å². The Morgan fingerprint density at radius 2 is 1.89 bits per heavy atom. The fourth-order valence-electron chi connectivity index (χ4n) is 4.74. The lowest BCUT2D eigenvalue weighted by Crippen LogP contribution is -2.29. The number of aromatic nitrogens is 6.